The number of ether oxygens (including phenoxy) is 1. The first-order valence-corrected chi connectivity index (χ1v) is 16.4. The van der Waals surface area contributed by atoms with Crippen LogP contribution in [0.25, 0.3) is 0 Å². The van der Waals surface area contributed by atoms with Gasteiger partial charge in [0.2, 0.25) is 0 Å². The van der Waals surface area contributed by atoms with Crippen LogP contribution in [0.3, 0.4) is 0 Å². The van der Waals surface area contributed by atoms with Gasteiger partial charge in [-0.1, -0.05) is 19.1 Å². The van der Waals surface area contributed by atoms with Gasteiger partial charge in [0, 0.05) is 25.2 Å². The minimum atomic E-state index is -3.85. The molecule has 0 spiro atoms. The summed E-state index contributed by atoms with van der Waals surface area (Å²) in [6.07, 6.45) is -0.636. The highest BCUT2D eigenvalue weighted by atomic mass is 32.3. The van der Waals surface area contributed by atoms with Crippen molar-refractivity contribution in [2.45, 2.75) is 34.4 Å². The largest absolute Gasteiger partial charge is 0.488 e. The molecule has 0 saturated carbocycles. The fourth-order valence-corrected chi connectivity index (χ4v) is 8.47. The topological polar surface area (TPSA) is 133 Å². The number of thiophene rings is 2. The molecular weight excluding hydrogens is 571 g/mol. The molecule has 10 nitrogen and oxygen atoms in total. The standard InChI is InChI=1S/C24H29N3O7S4/c1-16-13-27(17(2)15-28)24(29)19-12-18(25-37(30,31)22-6-4-10-35-22)8-9-20(19)34-21(16)14-26(3)38(32,33)23-7-5-11-36-23/h4-12,16-17,21,25,28H,13-15H2,1-3H3/t16-,17+,21-/m1/s1. The number of aliphatic hydroxyl groups excluding tert-OH is 1. The van der Waals surface area contributed by atoms with E-state index in [0.29, 0.717) is 0 Å². The normalized spacial score (nSPS) is 19.4. The second-order valence-corrected chi connectivity index (χ2v) is 15.2. The summed E-state index contributed by atoms with van der Waals surface area (Å²) >= 11 is 2.19. The Kier molecular flexibility index (Phi) is 8.49. The Bertz CT molecular complexity index is 1470. The van der Waals surface area contributed by atoms with Crippen LogP contribution in [0.5, 0.6) is 5.75 Å². The van der Waals surface area contributed by atoms with Gasteiger partial charge in [-0.25, -0.2) is 16.8 Å². The van der Waals surface area contributed by atoms with Gasteiger partial charge in [-0.2, -0.15) is 4.31 Å². The van der Waals surface area contributed by atoms with E-state index in [0.717, 1.165) is 22.7 Å². The third-order valence-electron chi connectivity index (χ3n) is 6.27. The van der Waals surface area contributed by atoms with Crippen molar-refractivity contribution in [3.05, 3.63) is 58.8 Å². The van der Waals surface area contributed by atoms with Crippen molar-refractivity contribution in [3.63, 3.8) is 0 Å². The molecule has 0 fully saturated rings. The number of carbonyl (C=O) groups is 1. The molecule has 1 aliphatic rings. The van der Waals surface area contributed by atoms with E-state index in [1.54, 1.807) is 29.8 Å². The molecule has 3 aromatic rings. The summed E-state index contributed by atoms with van der Waals surface area (Å²) in [4.78, 5) is 15.1. The molecule has 1 amide bonds. The van der Waals surface area contributed by atoms with Crippen molar-refractivity contribution in [1.29, 1.82) is 0 Å². The van der Waals surface area contributed by atoms with Gasteiger partial charge in [-0.3, -0.25) is 9.52 Å². The summed E-state index contributed by atoms with van der Waals surface area (Å²) in [6, 6.07) is 10.2. The van der Waals surface area contributed by atoms with Crippen molar-refractivity contribution in [2.24, 2.45) is 5.92 Å². The smallest absolute Gasteiger partial charge is 0.271 e. The number of hydrogen-bond donors (Lipinski definition) is 2. The van der Waals surface area contributed by atoms with Crippen LogP contribution < -0.4 is 9.46 Å². The number of nitrogens with zero attached hydrogens (tertiary/aromatic N) is 2. The highest BCUT2D eigenvalue weighted by molar-refractivity contribution is 7.94. The van der Waals surface area contributed by atoms with Gasteiger partial charge in [-0.05, 0) is 48.0 Å². The maximum atomic E-state index is 13.6. The van der Waals surface area contributed by atoms with Gasteiger partial charge in [0.25, 0.3) is 26.0 Å². The summed E-state index contributed by atoms with van der Waals surface area (Å²) in [7, 11) is -6.10. The zero-order chi connectivity index (χ0) is 27.7. The molecule has 0 saturated heterocycles. The van der Waals surface area contributed by atoms with Crippen LogP contribution in [0.15, 0.2) is 61.6 Å². The van der Waals surface area contributed by atoms with Crippen molar-refractivity contribution in [3.8, 4) is 5.75 Å². The van der Waals surface area contributed by atoms with Crippen molar-refractivity contribution < 1.29 is 31.5 Å². The number of nitrogens with one attached hydrogen (secondary N) is 1. The van der Waals surface area contributed by atoms with E-state index in [1.807, 2.05) is 6.92 Å². The molecule has 0 aliphatic carbocycles. The number of aliphatic hydroxyl groups is 1. The lowest BCUT2D eigenvalue weighted by Gasteiger charge is -2.38. The van der Waals surface area contributed by atoms with E-state index in [-0.39, 0.29) is 51.0 Å². The molecule has 3 heterocycles. The van der Waals surface area contributed by atoms with Crippen molar-refractivity contribution in [1.82, 2.24) is 9.21 Å². The van der Waals surface area contributed by atoms with Crippen LogP contribution >= 0.6 is 22.7 Å². The number of anilines is 1. The number of amides is 1. The Morgan fingerprint density at radius 2 is 1.79 bits per heavy atom. The second-order valence-electron chi connectivity index (χ2n) is 9.09. The third-order valence-corrected chi connectivity index (χ3v) is 12.2. The summed E-state index contributed by atoms with van der Waals surface area (Å²) in [6.45, 7) is 3.50. The average molecular weight is 600 g/mol. The van der Waals surface area contributed by atoms with Crippen LogP contribution in [-0.4, -0.2) is 75.9 Å². The summed E-state index contributed by atoms with van der Waals surface area (Å²) in [5.74, 6) is -0.523. The molecule has 0 radical (unpaired) electrons. The number of hydrogen-bond acceptors (Lipinski definition) is 9. The molecule has 1 aromatic carbocycles. The number of carbonyl (C=O) groups excluding carboxylic acids is 1. The molecule has 206 valence electrons. The number of sulfonamides is 2. The van der Waals surface area contributed by atoms with Crippen molar-refractivity contribution >= 4 is 54.3 Å². The van der Waals surface area contributed by atoms with E-state index < -0.39 is 38.1 Å². The minimum absolute atomic E-state index is 0.0170. The fourth-order valence-electron chi connectivity index (χ4n) is 4.04. The van der Waals surface area contributed by atoms with Gasteiger partial charge in [0.05, 0.1) is 24.8 Å². The zero-order valence-corrected chi connectivity index (χ0v) is 24.2. The van der Waals surface area contributed by atoms with Crippen LogP contribution in [0.2, 0.25) is 0 Å². The SMILES string of the molecule is C[C@@H]1CN([C@@H](C)CO)C(=O)c2cc(NS(=O)(=O)c3cccs3)ccc2O[C@@H]1CN(C)S(=O)(=O)c1cccs1. The van der Waals surface area contributed by atoms with Crippen LogP contribution in [-0.2, 0) is 20.0 Å². The average Bonchev–Trinajstić information content (AvgIpc) is 3.61. The molecule has 14 heteroatoms. The summed E-state index contributed by atoms with van der Waals surface area (Å²) < 4.78 is 61.9. The third kappa shape index (κ3) is 5.90. The number of fused-ring (bicyclic) bond motifs is 1. The molecule has 38 heavy (non-hydrogen) atoms. The fraction of sp³-hybridized carbons (Fsp3) is 0.375. The quantitative estimate of drug-likeness (QED) is 0.386. The lowest BCUT2D eigenvalue weighted by molar-refractivity contribution is 0.0387. The maximum absolute atomic E-state index is 13.6. The minimum Gasteiger partial charge on any atom is -0.488 e. The molecule has 1 aliphatic heterocycles. The molecule has 2 aromatic heterocycles. The van der Waals surface area contributed by atoms with Crippen LogP contribution in [0.4, 0.5) is 5.69 Å². The highest BCUT2D eigenvalue weighted by Crippen LogP contribution is 2.32. The molecule has 2 N–H and O–H groups in total. The number of likely N-dealkylation sites (N-methyl/N-ethyl adjacent to an activating group) is 1. The predicted molar refractivity (Wildman–Crippen MR) is 147 cm³/mol. The van der Waals surface area contributed by atoms with Gasteiger partial charge in [0.15, 0.2) is 0 Å². The first kappa shape index (κ1) is 28.5. The van der Waals surface area contributed by atoms with Crippen LogP contribution in [0, 0.1) is 5.92 Å². The Morgan fingerprint density at radius 3 is 2.39 bits per heavy atom. The summed E-state index contributed by atoms with van der Waals surface area (Å²) in [5, 5.41) is 13.2. The zero-order valence-electron chi connectivity index (χ0n) is 21.0. The van der Waals surface area contributed by atoms with E-state index in [1.165, 1.54) is 46.6 Å². The van der Waals surface area contributed by atoms with E-state index in [4.69, 9.17) is 4.74 Å². The molecule has 0 unspecified atom stereocenters. The van der Waals surface area contributed by atoms with E-state index >= 15 is 0 Å². The van der Waals surface area contributed by atoms with Crippen LogP contribution in [0.1, 0.15) is 24.2 Å². The Balaban J connectivity index is 1.68. The van der Waals surface area contributed by atoms with Gasteiger partial charge < -0.3 is 14.7 Å². The number of rotatable bonds is 9. The van der Waals surface area contributed by atoms with E-state index in [9.17, 15) is 26.7 Å². The molecule has 0 bridgehead atoms. The molecular formula is C24H29N3O7S4. The van der Waals surface area contributed by atoms with Gasteiger partial charge in [-0.15, -0.1) is 22.7 Å². The summed E-state index contributed by atoms with van der Waals surface area (Å²) in [5.41, 5.74) is 0.283. The maximum Gasteiger partial charge on any atom is 0.271 e. The Morgan fingerprint density at radius 1 is 1.13 bits per heavy atom. The van der Waals surface area contributed by atoms with E-state index in [2.05, 4.69) is 4.72 Å². The molecule has 3 atom stereocenters. The Labute approximate surface area is 230 Å². The highest BCUT2D eigenvalue weighted by Gasteiger charge is 2.35. The first-order chi connectivity index (χ1) is 17.9. The molecule has 4 rings (SSSR count). The van der Waals surface area contributed by atoms with Crippen molar-refractivity contribution in [2.75, 3.05) is 31.5 Å². The number of benzene rings is 1. The second kappa shape index (κ2) is 11.3. The lowest BCUT2D eigenvalue weighted by atomic mass is 9.99. The predicted octanol–water partition coefficient (Wildman–Crippen LogP) is 3.15. The lowest BCUT2D eigenvalue weighted by Crippen LogP contribution is -2.50. The van der Waals surface area contributed by atoms with Gasteiger partial charge >= 0.3 is 0 Å². The van der Waals surface area contributed by atoms with Gasteiger partial charge in [0.1, 0.15) is 20.3 Å². The monoisotopic (exact) mass is 599 g/mol. The first-order valence-electron chi connectivity index (χ1n) is 11.7. The Hall–Kier alpha value is -2.49.